The predicted octanol–water partition coefficient (Wildman–Crippen LogP) is 2.32. The van der Waals surface area contributed by atoms with Gasteiger partial charge in [-0.1, -0.05) is 23.8 Å². The van der Waals surface area contributed by atoms with E-state index in [-0.39, 0.29) is 5.03 Å². The first kappa shape index (κ1) is 12.0. The summed E-state index contributed by atoms with van der Waals surface area (Å²) in [5.74, 6) is 0. The van der Waals surface area contributed by atoms with Gasteiger partial charge in [0.25, 0.3) is 10.1 Å². The third-order valence-electron chi connectivity index (χ3n) is 2.32. The second kappa shape index (κ2) is 3.52. The second-order valence-electron chi connectivity index (χ2n) is 3.39. The molecule has 2 unspecified atom stereocenters. The molecule has 0 fully saturated rings. The Bertz CT molecular complexity index is 410. The highest BCUT2D eigenvalue weighted by Crippen LogP contribution is 2.38. The Labute approximate surface area is 93.1 Å². The molecule has 0 aromatic rings. The zero-order chi connectivity index (χ0) is 11.1. The Hall–Kier alpha value is -0.0300. The molecule has 1 aliphatic rings. The molecule has 0 amide bonds. The lowest BCUT2D eigenvalue weighted by Crippen LogP contribution is -2.43. The van der Waals surface area contributed by atoms with Crippen LogP contribution in [-0.2, 0) is 10.1 Å². The summed E-state index contributed by atoms with van der Waals surface area (Å²) < 4.78 is 29.7. The summed E-state index contributed by atoms with van der Waals surface area (Å²) in [6, 6.07) is 0. The smallest absolute Gasteiger partial charge is 0.275 e. The number of hydrogen-bond donors (Lipinski definition) is 1. The van der Waals surface area contributed by atoms with Gasteiger partial charge in [0, 0.05) is 5.03 Å². The normalized spacial score (nSPS) is 33.6. The number of alkyl halides is 1. The van der Waals surface area contributed by atoms with Crippen LogP contribution in [0.25, 0.3) is 0 Å². The van der Waals surface area contributed by atoms with E-state index in [1.165, 1.54) is 19.1 Å². The van der Waals surface area contributed by atoms with Gasteiger partial charge in [0.1, 0.15) is 4.75 Å². The van der Waals surface area contributed by atoms with Crippen molar-refractivity contribution in [1.29, 1.82) is 0 Å². The number of halogens is 2. The zero-order valence-corrected chi connectivity index (χ0v) is 9.99. The molecule has 0 aromatic carbocycles. The molecule has 0 bridgehead atoms. The van der Waals surface area contributed by atoms with Crippen molar-refractivity contribution in [3.8, 4) is 0 Å². The van der Waals surface area contributed by atoms with E-state index >= 15 is 0 Å². The second-order valence-corrected chi connectivity index (χ2v) is 6.06. The van der Waals surface area contributed by atoms with Crippen molar-refractivity contribution in [2.75, 3.05) is 0 Å². The topological polar surface area (TPSA) is 54.4 Å². The van der Waals surface area contributed by atoms with Crippen molar-refractivity contribution in [1.82, 2.24) is 0 Å². The fourth-order valence-electron chi connectivity index (χ4n) is 1.12. The lowest BCUT2D eigenvalue weighted by molar-refractivity contribution is 0.452. The van der Waals surface area contributed by atoms with Gasteiger partial charge in [0.2, 0.25) is 0 Å². The van der Waals surface area contributed by atoms with E-state index in [0.29, 0.717) is 5.57 Å². The van der Waals surface area contributed by atoms with E-state index in [0.717, 1.165) is 0 Å². The van der Waals surface area contributed by atoms with Crippen LogP contribution in [0, 0.1) is 0 Å². The Morgan fingerprint density at radius 2 is 2.07 bits per heavy atom. The van der Waals surface area contributed by atoms with E-state index < -0.39 is 20.2 Å². The highest BCUT2D eigenvalue weighted by atomic mass is 35.5. The lowest BCUT2D eigenvalue weighted by atomic mass is 9.97. The summed E-state index contributed by atoms with van der Waals surface area (Å²) in [7, 11) is -4.27. The molecular weight excluding hydrogens is 247 g/mol. The van der Waals surface area contributed by atoms with Gasteiger partial charge in [-0.3, -0.25) is 4.55 Å². The summed E-state index contributed by atoms with van der Waals surface area (Å²) >= 11 is 11.7. The average molecular weight is 257 g/mol. The van der Waals surface area contributed by atoms with Crippen LogP contribution < -0.4 is 0 Å². The molecule has 1 rings (SSSR count). The molecule has 1 aliphatic carbocycles. The number of allylic oxidation sites excluding steroid dienone is 3. The van der Waals surface area contributed by atoms with E-state index in [2.05, 4.69) is 0 Å². The highest BCUT2D eigenvalue weighted by molar-refractivity contribution is 7.87. The molecule has 0 aromatic heterocycles. The SMILES string of the molecule is CC1=C(Cl)C(Cl)C(C)(S(=O)(=O)O)C=C1. The molecule has 2 atom stereocenters. The van der Waals surface area contributed by atoms with Crippen LogP contribution in [0.4, 0.5) is 0 Å². The maximum Gasteiger partial charge on any atom is 0.275 e. The third-order valence-corrected chi connectivity index (χ3v) is 5.23. The predicted molar refractivity (Wildman–Crippen MR) is 57.3 cm³/mol. The van der Waals surface area contributed by atoms with Crippen molar-refractivity contribution < 1.29 is 13.0 Å². The molecule has 0 aliphatic heterocycles. The highest BCUT2D eigenvalue weighted by Gasteiger charge is 2.46. The van der Waals surface area contributed by atoms with E-state index in [4.69, 9.17) is 27.8 Å². The van der Waals surface area contributed by atoms with Crippen LogP contribution in [0.1, 0.15) is 13.8 Å². The Balaban J connectivity index is 3.29. The minimum absolute atomic E-state index is 0.245. The summed E-state index contributed by atoms with van der Waals surface area (Å²) in [6.45, 7) is 3.04. The standard InChI is InChI=1S/C8H10Cl2O3S/c1-5-3-4-8(2,14(11,12)13)7(10)6(5)9/h3-4,7H,1-2H3,(H,11,12,13). The molecular formula is C8H10Cl2O3S. The fraction of sp³-hybridized carbons (Fsp3) is 0.500. The van der Waals surface area contributed by atoms with Gasteiger partial charge >= 0.3 is 0 Å². The summed E-state index contributed by atoms with van der Waals surface area (Å²) in [6.07, 6.45) is 2.89. The summed E-state index contributed by atoms with van der Waals surface area (Å²) in [5.41, 5.74) is 0.702. The third kappa shape index (κ3) is 1.72. The molecule has 6 heteroatoms. The summed E-state index contributed by atoms with van der Waals surface area (Å²) in [4.78, 5) is 0. The lowest BCUT2D eigenvalue weighted by Gasteiger charge is -2.30. The maximum atomic E-state index is 11.1. The van der Waals surface area contributed by atoms with E-state index in [9.17, 15) is 8.42 Å². The summed E-state index contributed by atoms with van der Waals surface area (Å²) in [5, 5.41) is -0.710. The zero-order valence-electron chi connectivity index (χ0n) is 7.66. The van der Waals surface area contributed by atoms with Crippen LogP contribution in [0.5, 0.6) is 0 Å². The molecule has 80 valence electrons. The fourth-order valence-corrected chi connectivity index (χ4v) is 2.68. The van der Waals surface area contributed by atoms with Gasteiger partial charge < -0.3 is 0 Å². The first-order chi connectivity index (χ1) is 6.20. The van der Waals surface area contributed by atoms with Crippen molar-refractivity contribution in [3.63, 3.8) is 0 Å². The minimum Gasteiger partial charge on any atom is -0.285 e. The molecule has 0 radical (unpaired) electrons. The van der Waals surface area contributed by atoms with Gasteiger partial charge in [-0.25, -0.2) is 0 Å². The molecule has 1 N–H and O–H groups in total. The first-order valence-electron chi connectivity index (χ1n) is 3.87. The minimum atomic E-state index is -4.27. The van der Waals surface area contributed by atoms with Gasteiger partial charge in [0.15, 0.2) is 0 Å². The molecule has 0 heterocycles. The molecule has 14 heavy (non-hydrogen) atoms. The Morgan fingerprint density at radius 3 is 2.50 bits per heavy atom. The van der Waals surface area contributed by atoms with Crippen LogP contribution in [0.2, 0.25) is 0 Å². The van der Waals surface area contributed by atoms with Gasteiger partial charge in [-0.15, -0.1) is 11.6 Å². The quantitative estimate of drug-likeness (QED) is 0.579. The van der Waals surface area contributed by atoms with E-state index in [1.807, 2.05) is 0 Å². The van der Waals surface area contributed by atoms with Gasteiger partial charge in [-0.2, -0.15) is 8.42 Å². The van der Waals surface area contributed by atoms with Crippen molar-refractivity contribution >= 4 is 33.3 Å². The van der Waals surface area contributed by atoms with E-state index in [1.54, 1.807) is 6.92 Å². The Kier molecular flexibility index (Phi) is 3.03. The van der Waals surface area contributed by atoms with Crippen molar-refractivity contribution in [2.45, 2.75) is 24.0 Å². The van der Waals surface area contributed by atoms with Crippen molar-refractivity contribution in [2.24, 2.45) is 0 Å². The number of rotatable bonds is 1. The van der Waals surface area contributed by atoms with Crippen LogP contribution in [0.3, 0.4) is 0 Å². The molecule has 0 spiro atoms. The molecule has 3 nitrogen and oxygen atoms in total. The first-order valence-corrected chi connectivity index (χ1v) is 6.12. The average Bonchev–Trinajstić information content (AvgIpc) is 2.06. The largest absolute Gasteiger partial charge is 0.285 e. The molecule has 0 saturated heterocycles. The maximum absolute atomic E-state index is 11.1. The van der Waals surface area contributed by atoms with Crippen LogP contribution in [0.15, 0.2) is 22.8 Å². The number of hydrogen-bond acceptors (Lipinski definition) is 2. The van der Waals surface area contributed by atoms with Gasteiger partial charge in [0.05, 0.1) is 5.38 Å². The van der Waals surface area contributed by atoms with Crippen LogP contribution in [-0.4, -0.2) is 23.1 Å². The van der Waals surface area contributed by atoms with Crippen LogP contribution >= 0.6 is 23.2 Å². The molecule has 0 saturated carbocycles. The van der Waals surface area contributed by atoms with Crippen molar-refractivity contribution in [3.05, 3.63) is 22.8 Å². The van der Waals surface area contributed by atoms with Gasteiger partial charge in [-0.05, 0) is 19.4 Å². The Morgan fingerprint density at radius 1 is 1.57 bits per heavy atom. The monoisotopic (exact) mass is 256 g/mol.